The van der Waals surface area contributed by atoms with Gasteiger partial charge in [-0.2, -0.15) is 5.10 Å². The second-order valence-electron chi connectivity index (χ2n) is 4.74. The number of aromatic nitrogens is 2. The average Bonchev–Trinajstić information content (AvgIpc) is 2.90. The molecule has 2 aromatic rings. The van der Waals surface area contributed by atoms with Crippen molar-refractivity contribution in [2.24, 2.45) is 0 Å². The Morgan fingerprint density at radius 3 is 2.75 bits per heavy atom. The molecule has 0 spiro atoms. The highest BCUT2D eigenvalue weighted by atomic mass is 35.5. The number of nitrogens with zero attached hydrogens (tertiary/aromatic N) is 2. The molecule has 0 aliphatic carbocycles. The summed E-state index contributed by atoms with van der Waals surface area (Å²) in [6.07, 6.45) is 4.10. The molecule has 2 rings (SSSR count). The molecule has 1 aromatic heterocycles. The minimum absolute atomic E-state index is 0.306. The quantitative estimate of drug-likeness (QED) is 0.841. The average molecular weight is 296 g/mol. The maximum absolute atomic E-state index is 13.2. The molecule has 0 saturated heterocycles. The lowest BCUT2D eigenvalue weighted by Gasteiger charge is -2.12. The Hall–Kier alpha value is -1.55. The second kappa shape index (κ2) is 6.75. The van der Waals surface area contributed by atoms with Gasteiger partial charge in [0.05, 0.1) is 29.0 Å². The molecule has 0 fully saturated rings. The lowest BCUT2D eigenvalue weighted by atomic mass is 10.2. The fourth-order valence-corrected chi connectivity index (χ4v) is 2.34. The van der Waals surface area contributed by atoms with Crippen LogP contribution in [0.5, 0.6) is 0 Å². The highest BCUT2D eigenvalue weighted by Gasteiger charge is 2.08. The second-order valence-corrected chi connectivity index (χ2v) is 5.14. The van der Waals surface area contributed by atoms with E-state index in [-0.39, 0.29) is 5.82 Å². The van der Waals surface area contributed by atoms with Gasteiger partial charge in [-0.1, -0.05) is 25.4 Å². The van der Waals surface area contributed by atoms with E-state index >= 15 is 0 Å². The molecule has 1 heterocycles. The van der Waals surface area contributed by atoms with Crippen LogP contribution >= 0.6 is 11.6 Å². The molecule has 0 bridgehead atoms. The highest BCUT2D eigenvalue weighted by Crippen LogP contribution is 2.23. The normalized spacial score (nSPS) is 11.1. The maximum Gasteiger partial charge on any atom is 0.125 e. The predicted molar refractivity (Wildman–Crippen MR) is 80.6 cm³/mol. The third-order valence-electron chi connectivity index (χ3n) is 3.37. The van der Waals surface area contributed by atoms with E-state index in [9.17, 15) is 4.39 Å². The van der Waals surface area contributed by atoms with Crippen LogP contribution < -0.4 is 5.32 Å². The first kappa shape index (κ1) is 14.9. The van der Waals surface area contributed by atoms with Gasteiger partial charge in [0.25, 0.3) is 0 Å². The minimum Gasteiger partial charge on any atom is -0.378 e. The molecule has 0 unspecified atom stereocenters. The monoisotopic (exact) mass is 295 g/mol. The van der Waals surface area contributed by atoms with E-state index in [1.807, 2.05) is 16.9 Å². The number of anilines is 1. The van der Waals surface area contributed by atoms with Gasteiger partial charge in [0, 0.05) is 6.20 Å². The van der Waals surface area contributed by atoms with Gasteiger partial charge in [-0.25, -0.2) is 4.39 Å². The summed E-state index contributed by atoms with van der Waals surface area (Å²) in [4.78, 5) is 0. The van der Waals surface area contributed by atoms with Crippen LogP contribution in [0.25, 0.3) is 0 Å². The molecule has 0 aliphatic rings. The van der Waals surface area contributed by atoms with E-state index in [0.29, 0.717) is 23.3 Å². The summed E-state index contributed by atoms with van der Waals surface area (Å²) in [7, 11) is 0. The lowest BCUT2D eigenvalue weighted by Crippen LogP contribution is -2.09. The molecule has 0 radical (unpaired) electrons. The standard InChI is InChI=1S/C15H19ClFN3/c1-3-13(4-2)20-8-7-12(19-20)10-18-15-9-11(17)5-6-14(15)16/h5-9,13,18H,3-4,10H2,1-2H3. The van der Waals surface area contributed by atoms with Gasteiger partial charge in [0.15, 0.2) is 0 Å². The molecule has 0 aliphatic heterocycles. The van der Waals surface area contributed by atoms with E-state index in [1.54, 1.807) is 6.07 Å². The fraction of sp³-hybridized carbons (Fsp3) is 0.400. The Bertz CT molecular complexity index is 564. The molecule has 5 heteroatoms. The Morgan fingerprint density at radius 2 is 2.05 bits per heavy atom. The van der Waals surface area contributed by atoms with E-state index in [4.69, 9.17) is 11.6 Å². The number of hydrogen-bond donors (Lipinski definition) is 1. The van der Waals surface area contributed by atoms with Crippen molar-refractivity contribution in [3.8, 4) is 0 Å². The maximum atomic E-state index is 13.2. The van der Waals surface area contributed by atoms with Crippen LogP contribution in [0.15, 0.2) is 30.5 Å². The molecule has 0 atom stereocenters. The molecule has 1 aromatic carbocycles. The number of nitrogens with one attached hydrogen (secondary N) is 1. The van der Waals surface area contributed by atoms with Gasteiger partial charge in [0.1, 0.15) is 5.82 Å². The van der Waals surface area contributed by atoms with Crippen molar-refractivity contribution in [1.82, 2.24) is 9.78 Å². The first-order valence-corrected chi connectivity index (χ1v) is 7.24. The molecule has 0 amide bonds. The Kier molecular flexibility index (Phi) is 5.01. The van der Waals surface area contributed by atoms with Gasteiger partial charge < -0.3 is 5.32 Å². The van der Waals surface area contributed by atoms with Crippen LogP contribution in [0.2, 0.25) is 5.02 Å². The summed E-state index contributed by atoms with van der Waals surface area (Å²) in [5.74, 6) is -0.306. The van der Waals surface area contributed by atoms with Gasteiger partial charge >= 0.3 is 0 Å². The first-order chi connectivity index (χ1) is 9.63. The first-order valence-electron chi connectivity index (χ1n) is 6.87. The van der Waals surface area contributed by atoms with E-state index in [2.05, 4.69) is 24.3 Å². The van der Waals surface area contributed by atoms with E-state index in [0.717, 1.165) is 18.5 Å². The van der Waals surface area contributed by atoms with Crippen molar-refractivity contribution in [2.45, 2.75) is 39.3 Å². The fourth-order valence-electron chi connectivity index (χ4n) is 2.16. The van der Waals surface area contributed by atoms with Crippen LogP contribution in [-0.4, -0.2) is 9.78 Å². The Balaban J connectivity index is 2.02. The van der Waals surface area contributed by atoms with Crippen LogP contribution in [0.3, 0.4) is 0 Å². The smallest absolute Gasteiger partial charge is 0.125 e. The molecule has 108 valence electrons. The summed E-state index contributed by atoms with van der Waals surface area (Å²) < 4.78 is 15.1. The number of rotatable bonds is 6. The van der Waals surface area contributed by atoms with Gasteiger partial charge in [0.2, 0.25) is 0 Å². The number of benzene rings is 1. The molecular formula is C15H19ClFN3. The third kappa shape index (κ3) is 3.51. The van der Waals surface area contributed by atoms with E-state index < -0.39 is 0 Å². The summed E-state index contributed by atoms with van der Waals surface area (Å²) in [5, 5.41) is 8.15. The SMILES string of the molecule is CCC(CC)n1ccc(CNc2cc(F)ccc2Cl)n1. The van der Waals surface area contributed by atoms with Crippen molar-refractivity contribution in [3.05, 3.63) is 47.0 Å². The van der Waals surface area contributed by atoms with Gasteiger partial charge in [-0.3, -0.25) is 4.68 Å². The topological polar surface area (TPSA) is 29.9 Å². The molecule has 20 heavy (non-hydrogen) atoms. The van der Waals surface area contributed by atoms with Crippen molar-refractivity contribution in [2.75, 3.05) is 5.32 Å². The van der Waals surface area contributed by atoms with Crippen LogP contribution in [-0.2, 0) is 6.54 Å². The largest absolute Gasteiger partial charge is 0.378 e. The highest BCUT2D eigenvalue weighted by molar-refractivity contribution is 6.33. The van der Waals surface area contributed by atoms with Crippen LogP contribution in [0, 0.1) is 5.82 Å². The lowest BCUT2D eigenvalue weighted by molar-refractivity contribution is 0.426. The van der Waals surface area contributed by atoms with Gasteiger partial charge in [-0.15, -0.1) is 0 Å². The zero-order valence-corrected chi connectivity index (χ0v) is 12.5. The molecule has 1 N–H and O–H groups in total. The molecule has 3 nitrogen and oxygen atoms in total. The Labute approximate surface area is 123 Å². The van der Waals surface area contributed by atoms with Crippen LogP contribution in [0.1, 0.15) is 38.4 Å². The summed E-state index contributed by atoms with van der Waals surface area (Å²) in [6.45, 7) is 4.83. The summed E-state index contributed by atoms with van der Waals surface area (Å²) in [6, 6.07) is 6.68. The van der Waals surface area contributed by atoms with Gasteiger partial charge in [-0.05, 0) is 37.1 Å². The summed E-state index contributed by atoms with van der Waals surface area (Å²) >= 11 is 6.01. The van der Waals surface area contributed by atoms with Crippen molar-refractivity contribution >= 4 is 17.3 Å². The number of halogens is 2. The predicted octanol–water partition coefficient (Wildman–Crippen LogP) is 4.65. The minimum atomic E-state index is -0.306. The zero-order chi connectivity index (χ0) is 14.5. The van der Waals surface area contributed by atoms with Crippen molar-refractivity contribution in [3.63, 3.8) is 0 Å². The van der Waals surface area contributed by atoms with E-state index in [1.165, 1.54) is 12.1 Å². The molecule has 0 saturated carbocycles. The Morgan fingerprint density at radius 1 is 1.30 bits per heavy atom. The summed E-state index contributed by atoms with van der Waals surface area (Å²) in [5.41, 5.74) is 1.50. The van der Waals surface area contributed by atoms with Crippen molar-refractivity contribution in [1.29, 1.82) is 0 Å². The number of hydrogen-bond acceptors (Lipinski definition) is 2. The van der Waals surface area contributed by atoms with Crippen molar-refractivity contribution < 1.29 is 4.39 Å². The third-order valence-corrected chi connectivity index (χ3v) is 3.70. The van der Waals surface area contributed by atoms with Crippen LogP contribution in [0.4, 0.5) is 10.1 Å². The molecular weight excluding hydrogens is 277 g/mol. The zero-order valence-electron chi connectivity index (χ0n) is 11.7.